The minimum absolute atomic E-state index is 0.621. The Kier molecular flexibility index (Phi) is 6.81. The van der Waals surface area contributed by atoms with Crippen molar-refractivity contribution < 1.29 is 8.83 Å². The van der Waals surface area contributed by atoms with Gasteiger partial charge in [0.2, 0.25) is 0 Å². The average Bonchev–Trinajstić information content (AvgIpc) is 3.76. The molecule has 0 radical (unpaired) electrons. The second-order valence-corrected chi connectivity index (χ2v) is 13.3. The first-order valence-electron chi connectivity index (χ1n) is 17.4. The second-order valence-electron chi connectivity index (χ2n) is 13.3. The van der Waals surface area contributed by atoms with Gasteiger partial charge in [0.15, 0.2) is 5.84 Å². The molecule has 51 heavy (non-hydrogen) atoms. The third-order valence-electron chi connectivity index (χ3n) is 10.2. The summed E-state index contributed by atoms with van der Waals surface area (Å²) < 4.78 is 13.0. The summed E-state index contributed by atoms with van der Waals surface area (Å²) in [7, 11) is 0. The molecule has 0 bridgehead atoms. The summed E-state index contributed by atoms with van der Waals surface area (Å²) >= 11 is 0. The average molecular weight is 657 g/mol. The predicted octanol–water partition coefficient (Wildman–Crippen LogP) is 12.8. The highest BCUT2D eigenvalue weighted by Crippen LogP contribution is 2.36. The van der Waals surface area contributed by atoms with E-state index >= 15 is 0 Å². The predicted molar refractivity (Wildman–Crippen MR) is 212 cm³/mol. The number of allylic oxidation sites excluding steroid dienone is 1. The summed E-state index contributed by atoms with van der Waals surface area (Å²) in [5, 5.41) is 6.79. The number of rotatable bonds is 4. The minimum Gasteiger partial charge on any atom is -0.455 e. The smallest absolute Gasteiger partial charge is 0.163 e. The van der Waals surface area contributed by atoms with Gasteiger partial charge in [-0.05, 0) is 77.6 Å². The summed E-state index contributed by atoms with van der Waals surface area (Å²) in [4.78, 5) is 10.9. The van der Waals surface area contributed by atoms with Crippen LogP contribution in [0.5, 0.6) is 0 Å². The molecule has 0 atom stereocenters. The molecule has 10 rings (SSSR count). The van der Waals surface area contributed by atoms with Crippen molar-refractivity contribution in [2.75, 3.05) is 0 Å². The van der Waals surface area contributed by atoms with E-state index in [1.807, 2.05) is 30.3 Å². The first-order chi connectivity index (χ1) is 25.2. The fourth-order valence-corrected chi connectivity index (χ4v) is 7.55. The Morgan fingerprint density at radius 1 is 0.451 bits per heavy atom. The molecule has 2 aromatic heterocycles. The van der Waals surface area contributed by atoms with Crippen LogP contribution < -0.4 is 0 Å². The lowest BCUT2D eigenvalue weighted by Gasteiger charge is -2.17. The lowest BCUT2D eigenvalue weighted by atomic mass is 9.95. The molecule has 242 valence electrons. The number of hydrogen-bond donors (Lipinski definition) is 0. The van der Waals surface area contributed by atoms with E-state index in [1.165, 1.54) is 27.5 Å². The number of amidine groups is 1. The normalized spacial score (nSPS) is 15.4. The molecule has 0 spiro atoms. The zero-order valence-corrected chi connectivity index (χ0v) is 28.1. The Labute approximate surface area is 294 Å². The van der Waals surface area contributed by atoms with Crippen molar-refractivity contribution in [1.82, 2.24) is 0 Å². The molecule has 7 aromatic carbocycles. The van der Waals surface area contributed by atoms with Gasteiger partial charge in [-0.2, -0.15) is 0 Å². The Morgan fingerprint density at radius 3 is 1.75 bits per heavy atom. The topological polar surface area (TPSA) is 51.0 Å². The van der Waals surface area contributed by atoms with Crippen LogP contribution in [0, 0.1) is 0 Å². The standard InChI is InChI=1S/C47H32N2O2/c1-29-20-27-41(39-16-8-14-37-35-12-4-6-18-42(35)50-45(37)39)48-47(40-17-9-15-38-36-13-5-7-19-43(36)51-46(38)40)49-44(29)32-24-21-31(22-25-32)34-26-23-30-10-2-3-11-33(30)28-34/h2-19,21-26,28H,20,27H2,1H3/b44-29-,48-41?,49-47?. The number of para-hydroxylation sites is 4. The van der Waals surface area contributed by atoms with E-state index in [9.17, 15) is 0 Å². The maximum atomic E-state index is 6.54. The van der Waals surface area contributed by atoms with Crippen LogP contribution >= 0.6 is 0 Å². The van der Waals surface area contributed by atoms with Gasteiger partial charge in [-0.25, -0.2) is 9.98 Å². The van der Waals surface area contributed by atoms with Gasteiger partial charge in [-0.3, -0.25) is 0 Å². The molecule has 9 aromatic rings. The van der Waals surface area contributed by atoms with Crippen LogP contribution in [-0.2, 0) is 0 Å². The third kappa shape index (κ3) is 4.99. The summed E-state index contributed by atoms with van der Waals surface area (Å²) in [5.74, 6) is 0.621. The van der Waals surface area contributed by atoms with Crippen molar-refractivity contribution in [2.24, 2.45) is 9.98 Å². The fraction of sp³-hybridized carbons (Fsp3) is 0.0638. The molecule has 0 saturated carbocycles. The molecule has 0 fully saturated rings. The quantitative estimate of drug-likeness (QED) is 0.189. The molecule has 4 heteroatoms. The molecule has 3 heterocycles. The van der Waals surface area contributed by atoms with E-state index < -0.39 is 0 Å². The van der Waals surface area contributed by atoms with Gasteiger partial charge in [0, 0.05) is 32.7 Å². The molecule has 4 nitrogen and oxygen atoms in total. The Hall–Kier alpha value is -6.52. The van der Waals surface area contributed by atoms with Gasteiger partial charge in [-0.15, -0.1) is 0 Å². The van der Waals surface area contributed by atoms with Crippen LogP contribution in [0.3, 0.4) is 0 Å². The van der Waals surface area contributed by atoms with Crippen LogP contribution in [0.4, 0.5) is 0 Å². The van der Waals surface area contributed by atoms with Crippen LogP contribution in [0.15, 0.2) is 176 Å². The number of nitrogens with zero attached hydrogens (tertiary/aromatic N) is 2. The summed E-state index contributed by atoms with van der Waals surface area (Å²) in [6.45, 7) is 2.19. The fourth-order valence-electron chi connectivity index (χ4n) is 7.55. The first-order valence-corrected chi connectivity index (χ1v) is 17.4. The Balaban J connectivity index is 1.15. The molecular weight excluding hydrogens is 625 g/mol. The molecule has 1 aliphatic heterocycles. The molecule has 0 unspecified atom stereocenters. The zero-order valence-electron chi connectivity index (χ0n) is 28.1. The second kappa shape index (κ2) is 11.8. The van der Waals surface area contributed by atoms with Gasteiger partial charge in [-0.1, -0.05) is 121 Å². The van der Waals surface area contributed by atoms with Gasteiger partial charge >= 0.3 is 0 Å². The lowest BCUT2D eigenvalue weighted by Crippen LogP contribution is -2.11. The summed E-state index contributed by atoms with van der Waals surface area (Å²) in [6.07, 6.45) is 1.54. The molecule has 0 saturated heterocycles. The highest BCUT2D eigenvalue weighted by molar-refractivity contribution is 6.23. The van der Waals surface area contributed by atoms with Crippen molar-refractivity contribution in [3.8, 4) is 11.1 Å². The summed E-state index contributed by atoms with van der Waals surface area (Å²) in [5.41, 5.74) is 11.7. The van der Waals surface area contributed by atoms with Crippen molar-refractivity contribution in [3.63, 3.8) is 0 Å². The monoisotopic (exact) mass is 656 g/mol. The van der Waals surface area contributed by atoms with Crippen LogP contribution in [0.25, 0.3) is 71.5 Å². The Bertz CT molecular complexity index is 2920. The van der Waals surface area contributed by atoms with Crippen molar-refractivity contribution in [1.29, 1.82) is 0 Å². The Morgan fingerprint density at radius 2 is 1.02 bits per heavy atom. The van der Waals surface area contributed by atoms with Gasteiger partial charge < -0.3 is 8.83 Å². The van der Waals surface area contributed by atoms with Gasteiger partial charge in [0.25, 0.3) is 0 Å². The summed E-state index contributed by atoms with van der Waals surface area (Å²) in [6, 6.07) is 52.9. The van der Waals surface area contributed by atoms with E-state index in [4.69, 9.17) is 18.8 Å². The van der Waals surface area contributed by atoms with E-state index in [0.717, 1.165) is 84.8 Å². The highest BCUT2D eigenvalue weighted by atomic mass is 16.3. The van der Waals surface area contributed by atoms with Crippen LogP contribution in [-0.4, -0.2) is 11.5 Å². The third-order valence-corrected chi connectivity index (χ3v) is 10.2. The molecular formula is C47H32N2O2. The molecule has 0 N–H and O–H groups in total. The first kappa shape index (κ1) is 29.4. The number of hydrogen-bond acceptors (Lipinski definition) is 4. The molecule has 1 aliphatic rings. The minimum atomic E-state index is 0.621. The molecule has 0 aliphatic carbocycles. The molecule has 0 amide bonds. The SMILES string of the molecule is C/C1=C(\c2ccc(-c3ccc4ccccc4c3)cc2)N=C(c2cccc3c2oc2ccccc23)N=C(c2cccc3c2oc2ccccc23)CC1. The maximum absolute atomic E-state index is 6.54. The van der Waals surface area contributed by atoms with Crippen molar-refractivity contribution in [2.45, 2.75) is 19.8 Å². The van der Waals surface area contributed by atoms with E-state index in [2.05, 4.69) is 128 Å². The van der Waals surface area contributed by atoms with Crippen molar-refractivity contribution >= 4 is 71.9 Å². The number of benzene rings is 7. The van der Waals surface area contributed by atoms with Gasteiger partial charge in [0.1, 0.15) is 22.3 Å². The van der Waals surface area contributed by atoms with Crippen LogP contribution in [0.2, 0.25) is 0 Å². The van der Waals surface area contributed by atoms with Crippen LogP contribution in [0.1, 0.15) is 36.5 Å². The van der Waals surface area contributed by atoms with Crippen molar-refractivity contribution in [3.05, 3.63) is 174 Å². The number of furan rings is 2. The van der Waals surface area contributed by atoms with E-state index in [1.54, 1.807) is 0 Å². The van der Waals surface area contributed by atoms with E-state index in [0.29, 0.717) is 5.84 Å². The largest absolute Gasteiger partial charge is 0.455 e. The zero-order chi connectivity index (χ0) is 33.9. The number of aliphatic imine (C=N–C) groups is 2. The van der Waals surface area contributed by atoms with E-state index in [-0.39, 0.29) is 0 Å². The maximum Gasteiger partial charge on any atom is 0.163 e. The lowest BCUT2D eigenvalue weighted by molar-refractivity contribution is 0.668. The van der Waals surface area contributed by atoms with Gasteiger partial charge in [0.05, 0.1) is 17.0 Å². The number of fused-ring (bicyclic) bond motifs is 7. The highest BCUT2D eigenvalue weighted by Gasteiger charge is 2.22.